The first-order chi connectivity index (χ1) is 9.21. The maximum Gasteiger partial charge on any atom is 0.134 e. The van der Waals surface area contributed by atoms with E-state index in [9.17, 15) is 0 Å². The normalized spacial score (nSPS) is 19.8. The van der Waals surface area contributed by atoms with Gasteiger partial charge in [-0.05, 0) is 37.5 Å². The van der Waals surface area contributed by atoms with Gasteiger partial charge in [-0.3, -0.25) is 0 Å². The molecule has 1 aromatic heterocycles. The molecule has 1 fully saturated rings. The molecule has 0 spiro atoms. The highest BCUT2D eigenvalue weighted by atomic mass is 15.1. The van der Waals surface area contributed by atoms with Gasteiger partial charge in [-0.2, -0.15) is 0 Å². The smallest absolute Gasteiger partial charge is 0.134 e. The summed E-state index contributed by atoms with van der Waals surface area (Å²) in [6.07, 6.45) is 0. The van der Waals surface area contributed by atoms with E-state index in [0.29, 0.717) is 16.7 Å². The first kappa shape index (κ1) is 15.1. The highest BCUT2D eigenvalue weighted by molar-refractivity contribution is 5.57. The number of aryl methyl sites for hydroxylation is 1. The number of aromatic nitrogens is 2. The molecule has 2 N–H and O–H groups in total. The average Bonchev–Trinajstić information content (AvgIpc) is 2.73. The molecule has 1 saturated carbocycles. The molecule has 0 saturated heterocycles. The van der Waals surface area contributed by atoms with Crippen molar-refractivity contribution in [1.82, 2.24) is 9.97 Å². The van der Waals surface area contributed by atoms with Crippen molar-refractivity contribution in [2.75, 3.05) is 23.7 Å². The van der Waals surface area contributed by atoms with Crippen molar-refractivity contribution in [3.63, 3.8) is 0 Å². The predicted molar refractivity (Wildman–Crippen MR) is 85.2 cm³/mol. The molecule has 0 bridgehead atoms. The number of rotatable bonds is 5. The molecule has 2 rings (SSSR count). The van der Waals surface area contributed by atoms with Crippen LogP contribution in [0.3, 0.4) is 0 Å². The third-order valence-electron chi connectivity index (χ3n) is 5.40. The molecule has 4 nitrogen and oxygen atoms in total. The highest BCUT2D eigenvalue weighted by Crippen LogP contribution is 2.68. The summed E-state index contributed by atoms with van der Waals surface area (Å²) in [5.41, 5.74) is 1.91. The predicted octanol–water partition coefficient (Wildman–Crippen LogP) is 3.62. The third kappa shape index (κ3) is 2.36. The summed E-state index contributed by atoms with van der Waals surface area (Å²) in [4.78, 5) is 9.01. The van der Waals surface area contributed by atoms with Gasteiger partial charge in [0.05, 0.1) is 0 Å². The van der Waals surface area contributed by atoms with Crippen LogP contribution in [0, 0.1) is 30.6 Å². The zero-order chi connectivity index (χ0) is 15.1. The van der Waals surface area contributed by atoms with E-state index >= 15 is 0 Å². The van der Waals surface area contributed by atoms with Crippen molar-refractivity contribution in [2.45, 2.75) is 48.5 Å². The Bertz CT molecular complexity index is 491. The molecule has 0 aromatic carbocycles. The minimum Gasteiger partial charge on any atom is -0.370 e. The van der Waals surface area contributed by atoms with Gasteiger partial charge in [-0.15, -0.1) is 0 Å². The molecule has 20 heavy (non-hydrogen) atoms. The quantitative estimate of drug-likeness (QED) is 0.862. The van der Waals surface area contributed by atoms with Crippen molar-refractivity contribution in [3.8, 4) is 0 Å². The van der Waals surface area contributed by atoms with Crippen LogP contribution < -0.4 is 10.6 Å². The van der Waals surface area contributed by atoms with Gasteiger partial charge >= 0.3 is 0 Å². The van der Waals surface area contributed by atoms with Crippen molar-refractivity contribution < 1.29 is 0 Å². The maximum absolute atomic E-state index is 4.55. The highest BCUT2D eigenvalue weighted by Gasteiger charge is 2.64. The van der Waals surface area contributed by atoms with Gasteiger partial charge in [0.25, 0.3) is 0 Å². The molecular formula is C16H28N4. The van der Waals surface area contributed by atoms with Gasteiger partial charge in [0.2, 0.25) is 0 Å². The second kappa shape index (κ2) is 4.90. The Balaban J connectivity index is 2.11. The van der Waals surface area contributed by atoms with Crippen LogP contribution in [0.25, 0.3) is 0 Å². The minimum atomic E-state index is 0.403. The van der Waals surface area contributed by atoms with Crippen LogP contribution >= 0.6 is 0 Å². The second-order valence-corrected chi connectivity index (χ2v) is 7.00. The zero-order valence-corrected chi connectivity index (χ0v) is 13.9. The summed E-state index contributed by atoms with van der Waals surface area (Å²) in [6.45, 7) is 17.3. The van der Waals surface area contributed by atoms with Crippen molar-refractivity contribution in [1.29, 1.82) is 0 Å². The van der Waals surface area contributed by atoms with E-state index in [1.165, 1.54) is 0 Å². The Morgan fingerprint density at radius 2 is 1.45 bits per heavy atom. The van der Waals surface area contributed by atoms with Gasteiger partial charge in [0, 0.05) is 18.7 Å². The van der Waals surface area contributed by atoms with Crippen LogP contribution in [0.5, 0.6) is 0 Å². The van der Waals surface area contributed by atoms with Crippen LogP contribution in [0.2, 0.25) is 0 Å². The summed E-state index contributed by atoms with van der Waals surface area (Å²) >= 11 is 0. The molecular weight excluding hydrogens is 248 g/mol. The molecule has 0 atom stereocenters. The molecule has 0 amide bonds. The summed E-state index contributed by atoms with van der Waals surface area (Å²) in [5, 5.41) is 6.84. The van der Waals surface area contributed by atoms with Gasteiger partial charge < -0.3 is 10.6 Å². The Morgan fingerprint density at radius 1 is 0.950 bits per heavy atom. The van der Waals surface area contributed by atoms with Crippen LogP contribution in [0.4, 0.5) is 11.6 Å². The zero-order valence-electron chi connectivity index (χ0n) is 13.9. The number of nitrogens with one attached hydrogen (secondary N) is 2. The van der Waals surface area contributed by atoms with Gasteiger partial charge in [-0.25, -0.2) is 9.97 Å². The lowest BCUT2D eigenvalue weighted by atomic mass is 10.0. The van der Waals surface area contributed by atoms with Gasteiger partial charge in [-0.1, -0.05) is 27.7 Å². The fourth-order valence-electron chi connectivity index (χ4n) is 3.18. The van der Waals surface area contributed by atoms with E-state index in [4.69, 9.17) is 0 Å². The Hall–Kier alpha value is -1.32. The molecule has 1 aliphatic rings. The summed E-state index contributed by atoms with van der Waals surface area (Å²) in [6, 6.07) is 0. The first-order valence-electron chi connectivity index (χ1n) is 7.54. The number of nitrogens with zero attached hydrogens (tertiary/aromatic N) is 2. The lowest BCUT2D eigenvalue weighted by Crippen LogP contribution is -2.13. The molecule has 112 valence electrons. The monoisotopic (exact) mass is 276 g/mol. The standard InChI is InChI=1S/C16H28N4/c1-8-17-13-10(2)14(20-11(3)19-13)18-9-12-15(4,5)16(12,6)7/h12H,8-9H2,1-7H3,(H2,17,18,19,20). The molecule has 0 aliphatic heterocycles. The average molecular weight is 276 g/mol. The van der Waals surface area contributed by atoms with Gasteiger partial charge in [0.15, 0.2) is 0 Å². The topological polar surface area (TPSA) is 49.8 Å². The van der Waals surface area contributed by atoms with Crippen LogP contribution in [-0.4, -0.2) is 23.1 Å². The van der Waals surface area contributed by atoms with Crippen molar-refractivity contribution in [2.24, 2.45) is 16.7 Å². The number of hydrogen-bond acceptors (Lipinski definition) is 4. The number of hydrogen-bond donors (Lipinski definition) is 2. The third-order valence-corrected chi connectivity index (χ3v) is 5.40. The second-order valence-electron chi connectivity index (χ2n) is 7.00. The Kier molecular flexibility index (Phi) is 3.69. The largest absolute Gasteiger partial charge is 0.370 e. The SMILES string of the molecule is CCNc1nc(C)nc(NCC2C(C)(C)C2(C)C)c1C. The summed E-state index contributed by atoms with van der Waals surface area (Å²) in [7, 11) is 0. The lowest BCUT2D eigenvalue weighted by Gasteiger charge is -2.14. The molecule has 1 aliphatic carbocycles. The van der Waals surface area contributed by atoms with E-state index < -0.39 is 0 Å². The fourth-order valence-corrected chi connectivity index (χ4v) is 3.18. The molecule has 4 heteroatoms. The molecule has 0 radical (unpaired) electrons. The maximum atomic E-state index is 4.55. The molecule has 0 unspecified atom stereocenters. The Morgan fingerprint density at radius 3 is 1.90 bits per heavy atom. The van der Waals surface area contributed by atoms with E-state index in [-0.39, 0.29) is 0 Å². The van der Waals surface area contributed by atoms with Crippen molar-refractivity contribution in [3.05, 3.63) is 11.4 Å². The van der Waals surface area contributed by atoms with E-state index in [2.05, 4.69) is 62.1 Å². The Labute approximate surface area is 122 Å². The molecule has 1 aromatic rings. The minimum absolute atomic E-state index is 0.403. The van der Waals surface area contributed by atoms with Crippen LogP contribution in [0.1, 0.15) is 46.0 Å². The van der Waals surface area contributed by atoms with Crippen LogP contribution in [0.15, 0.2) is 0 Å². The molecule has 1 heterocycles. The van der Waals surface area contributed by atoms with Crippen LogP contribution in [-0.2, 0) is 0 Å². The lowest BCUT2D eigenvalue weighted by molar-refractivity contribution is 0.457. The fraction of sp³-hybridized carbons (Fsp3) is 0.750. The van der Waals surface area contributed by atoms with Gasteiger partial charge in [0.1, 0.15) is 17.5 Å². The number of anilines is 2. The summed E-state index contributed by atoms with van der Waals surface area (Å²) < 4.78 is 0. The first-order valence-corrected chi connectivity index (χ1v) is 7.54. The van der Waals surface area contributed by atoms with Crippen molar-refractivity contribution >= 4 is 11.6 Å². The van der Waals surface area contributed by atoms with E-state index in [1.807, 2.05) is 6.92 Å². The summed E-state index contributed by atoms with van der Waals surface area (Å²) in [5.74, 6) is 3.40. The van der Waals surface area contributed by atoms with E-state index in [0.717, 1.165) is 36.1 Å². The van der Waals surface area contributed by atoms with E-state index in [1.54, 1.807) is 0 Å².